The van der Waals surface area contributed by atoms with Gasteiger partial charge in [0.05, 0.1) is 19.2 Å². The summed E-state index contributed by atoms with van der Waals surface area (Å²) in [5.41, 5.74) is 0.649. The number of rotatable bonds is 4. The Balaban J connectivity index is 2.08. The van der Waals surface area contributed by atoms with E-state index in [1.54, 1.807) is 11.3 Å². The maximum Gasteiger partial charge on any atom is 0.253 e. The van der Waals surface area contributed by atoms with E-state index in [-0.39, 0.29) is 11.9 Å². The van der Waals surface area contributed by atoms with Crippen molar-refractivity contribution >= 4 is 60.4 Å². The summed E-state index contributed by atoms with van der Waals surface area (Å²) in [6.07, 6.45) is 2.85. The second-order valence-electron chi connectivity index (χ2n) is 3.95. The first-order valence-electron chi connectivity index (χ1n) is 5.71. The van der Waals surface area contributed by atoms with Crippen LogP contribution in [0.15, 0.2) is 19.8 Å². The summed E-state index contributed by atoms with van der Waals surface area (Å²) < 4.78 is 1.76. The molecule has 0 bridgehead atoms. The van der Waals surface area contributed by atoms with Gasteiger partial charge in [-0.05, 0) is 51.3 Å². The average Bonchev–Trinajstić information content (AvgIpc) is 2.95. The number of hydrogen-bond acceptors (Lipinski definition) is 4. The standard InChI is InChI=1S/C12H12Br2N2OS2/c1-3-7-5-15-12(18-7)6(2)16-11(17)8-4-9(13)19-10(8)14/h4-6H,3H2,1-2H3,(H,16,17). The number of hydrogen-bond donors (Lipinski definition) is 1. The molecule has 3 nitrogen and oxygen atoms in total. The van der Waals surface area contributed by atoms with E-state index < -0.39 is 0 Å². The molecular weight excluding hydrogens is 412 g/mol. The molecule has 19 heavy (non-hydrogen) atoms. The summed E-state index contributed by atoms with van der Waals surface area (Å²) in [5, 5.41) is 3.91. The van der Waals surface area contributed by atoms with E-state index in [1.165, 1.54) is 16.2 Å². The van der Waals surface area contributed by atoms with Crippen molar-refractivity contribution in [2.75, 3.05) is 0 Å². The monoisotopic (exact) mass is 422 g/mol. The van der Waals surface area contributed by atoms with Crippen molar-refractivity contribution in [3.63, 3.8) is 0 Å². The number of halogens is 2. The number of amides is 1. The van der Waals surface area contributed by atoms with Gasteiger partial charge in [0.2, 0.25) is 0 Å². The molecule has 0 aromatic carbocycles. The van der Waals surface area contributed by atoms with Gasteiger partial charge in [-0.2, -0.15) is 0 Å². The Morgan fingerprint density at radius 2 is 2.21 bits per heavy atom. The molecule has 2 aromatic rings. The van der Waals surface area contributed by atoms with Crippen molar-refractivity contribution in [1.82, 2.24) is 10.3 Å². The largest absolute Gasteiger partial charge is 0.343 e. The zero-order valence-electron chi connectivity index (χ0n) is 10.4. The Morgan fingerprint density at radius 1 is 1.47 bits per heavy atom. The Bertz CT molecular complexity index is 594. The average molecular weight is 424 g/mol. The first-order valence-corrected chi connectivity index (χ1v) is 8.93. The Hall–Kier alpha value is -0.240. The maximum absolute atomic E-state index is 12.2. The zero-order chi connectivity index (χ0) is 14.0. The van der Waals surface area contributed by atoms with Crippen LogP contribution in [0.2, 0.25) is 0 Å². The highest BCUT2D eigenvalue weighted by atomic mass is 79.9. The Labute approximate surface area is 136 Å². The maximum atomic E-state index is 12.2. The second-order valence-corrected chi connectivity index (χ2v) is 8.85. The third-order valence-electron chi connectivity index (χ3n) is 2.54. The molecule has 0 saturated carbocycles. The minimum atomic E-state index is -0.0884. The molecular formula is C12H12Br2N2OS2. The van der Waals surface area contributed by atoms with E-state index in [1.807, 2.05) is 19.2 Å². The van der Waals surface area contributed by atoms with Crippen LogP contribution in [0.4, 0.5) is 0 Å². The fourth-order valence-electron chi connectivity index (χ4n) is 1.52. The summed E-state index contributed by atoms with van der Waals surface area (Å²) in [5.74, 6) is -0.0884. The highest BCUT2D eigenvalue weighted by molar-refractivity contribution is 9.12. The topological polar surface area (TPSA) is 42.0 Å². The van der Waals surface area contributed by atoms with Crippen molar-refractivity contribution in [3.05, 3.63) is 35.3 Å². The Kier molecular flexibility index (Phi) is 5.16. The van der Waals surface area contributed by atoms with E-state index >= 15 is 0 Å². The lowest BCUT2D eigenvalue weighted by Crippen LogP contribution is -2.26. The molecule has 1 N–H and O–H groups in total. The van der Waals surface area contributed by atoms with Gasteiger partial charge in [0.15, 0.2) is 0 Å². The minimum Gasteiger partial charge on any atom is -0.343 e. The molecule has 1 atom stereocenters. The van der Waals surface area contributed by atoms with Crippen LogP contribution < -0.4 is 5.32 Å². The molecule has 0 aliphatic rings. The number of aromatic nitrogens is 1. The number of carbonyl (C=O) groups excluding carboxylic acids is 1. The Morgan fingerprint density at radius 3 is 2.74 bits per heavy atom. The number of thiazole rings is 1. The number of aryl methyl sites for hydroxylation is 1. The summed E-state index contributed by atoms with van der Waals surface area (Å²) in [4.78, 5) is 17.7. The van der Waals surface area contributed by atoms with E-state index in [9.17, 15) is 4.79 Å². The molecule has 2 heterocycles. The van der Waals surface area contributed by atoms with Gasteiger partial charge in [0.1, 0.15) is 5.01 Å². The quantitative estimate of drug-likeness (QED) is 0.768. The van der Waals surface area contributed by atoms with Crippen LogP contribution in [0, 0.1) is 0 Å². The third-order valence-corrected chi connectivity index (χ3v) is 6.20. The van der Waals surface area contributed by atoms with Gasteiger partial charge < -0.3 is 5.32 Å². The van der Waals surface area contributed by atoms with E-state index in [0.717, 1.165) is 19.0 Å². The number of nitrogens with one attached hydrogen (secondary N) is 1. The molecule has 1 amide bonds. The van der Waals surface area contributed by atoms with E-state index in [0.29, 0.717) is 5.56 Å². The smallest absolute Gasteiger partial charge is 0.253 e. The SMILES string of the molecule is CCc1cnc(C(C)NC(=O)c2cc(Br)sc2Br)s1. The third kappa shape index (κ3) is 3.65. The molecule has 102 valence electrons. The van der Waals surface area contributed by atoms with E-state index in [2.05, 4.69) is 49.1 Å². The van der Waals surface area contributed by atoms with Crippen LogP contribution in [0.5, 0.6) is 0 Å². The van der Waals surface area contributed by atoms with Crippen LogP contribution >= 0.6 is 54.5 Å². The molecule has 0 fully saturated rings. The van der Waals surface area contributed by atoms with Gasteiger partial charge in [-0.3, -0.25) is 4.79 Å². The van der Waals surface area contributed by atoms with Crippen LogP contribution in [0.1, 0.15) is 40.1 Å². The molecule has 0 aliphatic heterocycles. The number of carbonyl (C=O) groups is 1. The van der Waals surface area contributed by atoms with E-state index in [4.69, 9.17) is 0 Å². The number of thiophene rings is 1. The summed E-state index contributed by atoms with van der Waals surface area (Å²) in [6.45, 7) is 4.05. The highest BCUT2D eigenvalue weighted by Crippen LogP contribution is 2.32. The van der Waals surface area contributed by atoms with Gasteiger partial charge in [-0.1, -0.05) is 6.92 Å². The van der Waals surface area contributed by atoms with Crippen LogP contribution in [0.25, 0.3) is 0 Å². The lowest BCUT2D eigenvalue weighted by atomic mass is 10.3. The molecule has 2 aromatic heterocycles. The molecule has 0 spiro atoms. The fourth-order valence-corrected chi connectivity index (χ4v) is 5.17. The van der Waals surface area contributed by atoms with Crippen molar-refractivity contribution in [3.8, 4) is 0 Å². The lowest BCUT2D eigenvalue weighted by molar-refractivity contribution is 0.0939. The van der Waals surface area contributed by atoms with Crippen molar-refractivity contribution < 1.29 is 4.79 Å². The van der Waals surface area contributed by atoms with Crippen molar-refractivity contribution in [2.45, 2.75) is 26.3 Å². The van der Waals surface area contributed by atoms with Gasteiger partial charge in [0, 0.05) is 11.1 Å². The molecule has 1 unspecified atom stereocenters. The van der Waals surface area contributed by atoms with Crippen LogP contribution in [-0.2, 0) is 6.42 Å². The predicted octanol–water partition coefficient (Wildman–Crippen LogP) is 4.78. The second kappa shape index (κ2) is 6.47. The summed E-state index contributed by atoms with van der Waals surface area (Å²) in [7, 11) is 0. The highest BCUT2D eigenvalue weighted by Gasteiger charge is 2.18. The molecule has 0 aliphatic carbocycles. The summed E-state index contributed by atoms with van der Waals surface area (Å²) >= 11 is 9.90. The lowest BCUT2D eigenvalue weighted by Gasteiger charge is -2.10. The van der Waals surface area contributed by atoms with Crippen molar-refractivity contribution in [1.29, 1.82) is 0 Å². The molecule has 2 rings (SSSR count). The number of nitrogens with zero attached hydrogens (tertiary/aromatic N) is 1. The normalized spacial score (nSPS) is 12.4. The summed E-state index contributed by atoms with van der Waals surface area (Å²) in [6, 6.07) is 1.74. The van der Waals surface area contributed by atoms with Gasteiger partial charge >= 0.3 is 0 Å². The predicted molar refractivity (Wildman–Crippen MR) is 87.1 cm³/mol. The van der Waals surface area contributed by atoms with Gasteiger partial charge in [-0.15, -0.1) is 22.7 Å². The zero-order valence-corrected chi connectivity index (χ0v) is 15.2. The molecule has 0 radical (unpaired) electrons. The van der Waals surface area contributed by atoms with Crippen molar-refractivity contribution in [2.24, 2.45) is 0 Å². The first-order chi connectivity index (χ1) is 9.01. The van der Waals surface area contributed by atoms with Crippen LogP contribution in [0.3, 0.4) is 0 Å². The first kappa shape index (κ1) is 15.2. The molecule has 7 heteroatoms. The fraction of sp³-hybridized carbons (Fsp3) is 0.333. The van der Waals surface area contributed by atoms with Gasteiger partial charge in [-0.25, -0.2) is 4.98 Å². The minimum absolute atomic E-state index is 0.0802. The molecule has 0 saturated heterocycles. The van der Waals surface area contributed by atoms with Crippen LogP contribution in [-0.4, -0.2) is 10.9 Å². The van der Waals surface area contributed by atoms with Gasteiger partial charge in [0.25, 0.3) is 5.91 Å².